The van der Waals surface area contributed by atoms with Crippen molar-refractivity contribution in [3.8, 4) is 21.7 Å². The van der Waals surface area contributed by atoms with Crippen molar-refractivity contribution in [2.75, 3.05) is 11.4 Å². The summed E-state index contributed by atoms with van der Waals surface area (Å²) in [6, 6.07) is 18.0. The predicted octanol–water partition coefficient (Wildman–Crippen LogP) is 8.28. The van der Waals surface area contributed by atoms with Crippen LogP contribution in [-0.2, 0) is 11.3 Å². The van der Waals surface area contributed by atoms with Gasteiger partial charge in [0.1, 0.15) is 4.88 Å². The number of ketones is 1. The third kappa shape index (κ3) is 4.77. The van der Waals surface area contributed by atoms with Gasteiger partial charge in [0, 0.05) is 39.4 Å². The van der Waals surface area contributed by atoms with Crippen molar-refractivity contribution in [2.45, 2.75) is 64.8 Å². The summed E-state index contributed by atoms with van der Waals surface area (Å²) in [5, 5.41) is 11.4. The van der Waals surface area contributed by atoms with Gasteiger partial charge >= 0.3 is 5.97 Å². The summed E-state index contributed by atoms with van der Waals surface area (Å²) in [4.78, 5) is 42.8. The summed E-state index contributed by atoms with van der Waals surface area (Å²) >= 11 is 1.20. The van der Waals surface area contributed by atoms with Gasteiger partial charge in [-0.1, -0.05) is 50.1 Å². The number of carboxylic acid groups (broad SMARTS) is 1. The first-order chi connectivity index (χ1) is 20.4. The number of rotatable bonds is 6. The van der Waals surface area contributed by atoms with Crippen molar-refractivity contribution in [2.24, 2.45) is 17.8 Å². The Balaban J connectivity index is 1.27. The van der Waals surface area contributed by atoms with Gasteiger partial charge in [0.05, 0.1) is 17.9 Å². The maximum Gasteiger partial charge on any atom is 0.348 e. The summed E-state index contributed by atoms with van der Waals surface area (Å²) in [7, 11) is 0. The molecule has 2 saturated carbocycles. The molecule has 4 aromatic rings. The first-order valence-corrected chi connectivity index (χ1v) is 16.1. The van der Waals surface area contributed by atoms with Crippen LogP contribution >= 0.6 is 11.3 Å². The number of carboxylic acids is 1. The van der Waals surface area contributed by atoms with Gasteiger partial charge in [-0.05, 0) is 80.2 Å². The van der Waals surface area contributed by atoms with Crippen molar-refractivity contribution in [3.05, 3.63) is 65.0 Å². The maximum atomic E-state index is 14.0. The highest BCUT2D eigenvalue weighted by molar-refractivity contribution is 7.18. The Kier molecular flexibility index (Phi) is 7.01. The third-order valence-electron chi connectivity index (χ3n) is 9.74. The predicted molar refractivity (Wildman–Crippen MR) is 167 cm³/mol. The number of hydrogen-bond donors (Lipinski definition) is 1. The number of Topliss-reactive ketones (excluding diaryl/α,β-unsaturated/α-hetero) is 1. The zero-order valence-electron chi connectivity index (χ0n) is 24.0. The summed E-state index contributed by atoms with van der Waals surface area (Å²) < 4.78 is 2.07. The molecule has 7 heteroatoms. The number of nitrogens with zero attached hydrogens (tertiary/aromatic N) is 2. The Hall–Kier alpha value is -3.71. The minimum absolute atomic E-state index is 0.0421. The fraction of sp³-hybridized carbons (Fsp3) is 0.400. The van der Waals surface area contributed by atoms with Gasteiger partial charge in [0.25, 0.3) is 0 Å². The molecule has 216 valence electrons. The molecule has 2 aliphatic carbocycles. The van der Waals surface area contributed by atoms with Gasteiger partial charge in [-0.2, -0.15) is 0 Å². The molecule has 0 bridgehead atoms. The molecule has 0 atom stereocenters. The van der Waals surface area contributed by atoms with Crippen LogP contribution in [0, 0.1) is 17.8 Å². The molecule has 1 amide bonds. The Bertz CT molecular complexity index is 1700. The molecule has 0 radical (unpaired) electrons. The highest BCUT2D eigenvalue weighted by atomic mass is 32.1. The molecule has 2 fully saturated rings. The number of benzene rings is 2. The molecule has 42 heavy (non-hydrogen) atoms. The van der Waals surface area contributed by atoms with Crippen LogP contribution < -0.4 is 4.90 Å². The van der Waals surface area contributed by atoms with Gasteiger partial charge in [-0.15, -0.1) is 11.3 Å². The van der Waals surface area contributed by atoms with Crippen LogP contribution in [0.3, 0.4) is 0 Å². The lowest BCUT2D eigenvalue weighted by Gasteiger charge is -2.32. The number of aromatic nitrogens is 1. The third-order valence-corrected chi connectivity index (χ3v) is 10.9. The minimum atomic E-state index is -1.01. The first-order valence-electron chi connectivity index (χ1n) is 15.3. The Labute approximate surface area is 250 Å². The Morgan fingerprint density at radius 3 is 2.48 bits per heavy atom. The lowest BCUT2D eigenvalue weighted by Crippen LogP contribution is -2.40. The lowest BCUT2D eigenvalue weighted by atomic mass is 9.82. The van der Waals surface area contributed by atoms with Crippen LogP contribution in [0.2, 0.25) is 0 Å². The molecule has 1 aliphatic heterocycles. The zero-order chi connectivity index (χ0) is 29.0. The zero-order valence-corrected chi connectivity index (χ0v) is 24.8. The van der Waals surface area contributed by atoms with Crippen molar-refractivity contribution < 1.29 is 19.5 Å². The number of amides is 1. The largest absolute Gasteiger partial charge is 0.477 e. The molecule has 3 heterocycles. The van der Waals surface area contributed by atoms with E-state index in [1.165, 1.54) is 11.3 Å². The molecular formula is C35H36N2O4S. The summed E-state index contributed by atoms with van der Waals surface area (Å²) in [5.74, 6) is 0.0822. The van der Waals surface area contributed by atoms with E-state index >= 15 is 0 Å². The topological polar surface area (TPSA) is 79.6 Å². The molecular weight excluding hydrogens is 544 g/mol. The summed E-state index contributed by atoms with van der Waals surface area (Å²) in [5.41, 5.74) is 4.94. The van der Waals surface area contributed by atoms with Gasteiger partial charge < -0.3 is 14.6 Å². The Morgan fingerprint density at radius 1 is 0.952 bits per heavy atom. The monoisotopic (exact) mass is 580 g/mol. The van der Waals surface area contributed by atoms with Crippen molar-refractivity contribution >= 4 is 45.6 Å². The van der Waals surface area contributed by atoms with Gasteiger partial charge in [-0.25, -0.2) is 4.79 Å². The number of carbonyl (C=O) groups is 3. The number of anilines is 1. The van der Waals surface area contributed by atoms with Crippen LogP contribution in [0.5, 0.6) is 0 Å². The van der Waals surface area contributed by atoms with E-state index < -0.39 is 5.97 Å². The summed E-state index contributed by atoms with van der Waals surface area (Å²) in [6.07, 6.45) is 8.29. The second-order valence-electron chi connectivity index (χ2n) is 12.5. The average molecular weight is 581 g/mol. The molecule has 0 unspecified atom stereocenters. The quantitative estimate of drug-likeness (QED) is 0.249. The lowest BCUT2D eigenvalue weighted by molar-refractivity contribution is -0.123. The van der Waals surface area contributed by atoms with E-state index in [1.54, 1.807) is 0 Å². The van der Waals surface area contributed by atoms with Gasteiger partial charge in [0.2, 0.25) is 5.91 Å². The van der Waals surface area contributed by atoms with Crippen LogP contribution in [-0.4, -0.2) is 33.9 Å². The van der Waals surface area contributed by atoms with E-state index in [0.717, 1.165) is 84.0 Å². The van der Waals surface area contributed by atoms with E-state index in [9.17, 15) is 19.5 Å². The highest BCUT2D eigenvalue weighted by Gasteiger charge is 2.34. The van der Waals surface area contributed by atoms with Crippen molar-refractivity contribution in [1.82, 2.24) is 4.57 Å². The second kappa shape index (κ2) is 10.8. The number of carbonyl (C=O) groups excluding carboxylic acids is 2. The normalized spacial score (nSPS) is 20.5. The molecule has 2 aromatic heterocycles. The van der Waals surface area contributed by atoms with Crippen LogP contribution in [0.15, 0.2) is 54.6 Å². The number of aromatic carboxylic acids is 1. The van der Waals surface area contributed by atoms with E-state index in [4.69, 9.17) is 0 Å². The Morgan fingerprint density at radius 2 is 1.71 bits per heavy atom. The molecule has 1 N–H and O–H groups in total. The SMILES string of the molecule is CC1CCC(C(=O)N(CC2CCCC2)c2cc(-c3ccc4c(c3)C(=O)Cn3c-4cc4ccccc43)sc2C(=O)O)CC1. The molecule has 0 saturated heterocycles. The fourth-order valence-electron chi connectivity index (χ4n) is 7.35. The number of thiophene rings is 1. The van der Waals surface area contributed by atoms with E-state index in [-0.39, 0.29) is 29.0 Å². The van der Waals surface area contributed by atoms with Crippen molar-refractivity contribution in [3.63, 3.8) is 0 Å². The standard InChI is InChI=1S/C35H36N2O4S/c1-21-10-12-23(13-11-21)34(39)37(19-22-6-2-3-7-22)30-18-32(42-33(30)35(40)41)25-14-15-26-27(16-25)31(38)20-36-28-9-5-4-8-24(28)17-29(26)36/h4-5,8-9,14-18,21-23H,2-3,6-7,10-13,19-20H2,1H3,(H,40,41). The fourth-order valence-corrected chi connectivity index (χ4v) is 8.34. The van der Waals surface area contributed by atoms with Gasteiger partial charge in [-0.3, -0.25) is 9.59 Å². The average Bonchev–Trinajstić information content (AvgIpc) is 3.75. The van der Waals surface area contributed by atoms with E-state index in [1.807, 2.05) is 47.4 Å². The van der Waals surface area contributed by atoms with Crippen LogP contribution in [0.4, 0.5) is 5.69 Å². The number of hydrogen-bond acceptors (Lipinski definition) is 4. The molecule has 7 rings (SSSR count). The number of para-hydroxylation sites is 1. The second-order valence-corrected chi connectivity index (χ2v) is 13.6. The highest BCUT2D eigenvalue weighted by Crippen LogP contribution is 2.43. The molecule has 3 aliphatic rings. The molecule has 2 aromatic carbocycles. The number of fused-ring (bicyclic) bond motifs is 5. The molecule has 6 nitrogen and oxygen atoms in total. The maximum absolute atomic E-state index is 14.0. The van der Waals surface area contributed by atoms with Crippen LogP contribution in [0.1, 0.15) is 78.3 Å². The minimum Gasteiger partial charge on any atom is -0.477 e. The van der Waals surface area contributed by atoms with Crippen molar-refractivity contribution in [1.29, 1.82) is 0 Å². The van der Waals surface area contributed by atoms with E-state index in [2.05, 4.69) is 23.6 Å². The summed E-state index contributed by atoms with van der Waals surface area (Å²) in [6.45, 7) is 3.10. The van der Waals surface area contributed by atoms with E-state index in [0.29, 0.717) is 29.6 Å². The molecule has 0 spiro atoms. The van der Waals surface area contributed by atoms with Gasteiger partial charge in [0.15, 0.2) is 5.78 Å². The van der Waals surface area contributed by atoms with Crippen LogP contribution in [0.25, 0.3) is 32.6 Å². The first kappa shape index (κ1) is 27.1. The smallest absolute Gasteiger partial charge is 0.348 e.